The minimum atomic E-state index is 0.590. The molecule has 1 aliphatic carbocycles. The van der Waals surface area contributed by atoms with Crippen LogP contribution in [0.15, 0.2) is 18.2 Å². The zero-order valence-electron chi connectivity index (χ0n) is 11.5. The van der Waals surface area contributed by atoms with Gasteiger partial charge in [0.15, 0.2) is 5.13 Å². The van der Waals surface area contributed by atoms with Crippen LogP contribution < -0.4 is 10.1 Å². The number of hydrogen-bond acceptors (Lipinski definition) is 4. The maximum Gasteiger partial charge on any atom is 0.184 e. The van der Waals surface area contributed by atoms with Gasteiger partial charge in [-0.05, 0) is 43.9 Å². The van der Waals surface area contributed by atoms with Crippen LogP contribution in [0.25, 0.3) is 10.2 Å². The van der Waals surface area contributed by atoms with Crippen molar-refractivity contribution in [3.63, 3.8) is 0 Å². The Morgan fingerprint density at radius 3 is 3.05 bits per heavy atom. The van der Waals surface area contributed by atoms with E-state index in [0.717, 1.165) is 22.3 Å². The number of nitrogens with one attached hydrogen (secondary N) is 1. The minimum Gasteiger partial charge on any atom is -0.494 e. The number of thiazole rings is 1. The molecule has 0 amide bonds. The van der Waals surface area contributed by atoms with Gasteiger partial charge >= 0.3 is 0 Å². The summed E-state index contributed by atoms with van der Waals surface area (Å²) in [5.74, 6) is 1.69. The maximum atomic E-state index is 5.53. The Balaban J connectivity index is 1.80. The molecule has 1 fully saturated rings. The fourth-order valence-corrected chi connectivity index (χ4v) is 3.70. The number of rotatable bonds is 4. The molecule has 2 atom stereocenters. The van der Waals surface area contributed by atoms with Gasteiger partial charge in [-0.15, -0.1) is 0 Å². The summed E-state index contributed by atoms with van der Waals surface area (Å²) in [7, 11) is 0. The lowest BCUT2D eigenvalue weighted by Crippen LogP contribution is -2.21. The van der Waals surface area contributed by atoms with E-state index in [1.807, 2.05) is 19.1 Å². The highest BCUT2D eigenvalue weighted by Gasteiger charge is 2.23. The number of anilines is 1. The molecule has 0 radical (unpaired) electrons. The molecule has 0 aliphatic heterocycles. The van der Waals surface area contributed by atoms with Gasteiger partial charge in [0.25, 0.3) is 0 Å². The van der Waals surface area contributed by atoms with E-state index in [-0.39, 0.29) is 0 Å². The van der Waals surface area contributed by atoms with Gasteiger partial charge in [-0.2, -0.15) is 0 Å². The van der Waals surface area contributed by atoms with Crippen molar-refractivity contribution in [2.75, 3.05) is 11.9 Å². The summed E-state index contributed by atoms with van der Waals surface area (Å²) in [5, 5.41) is 4.64. The number of ether oxygens (including phenoxy) is 1. The maximum absolute atomic E-state index is 5.53. The van der Waals surface area contributed by atoms with Gasteiger partial charge in [0.2, 0.25) is 0 Å². The lowest BCUT2D eigenvalue weighted by atomic mass is 10.1. The Morgan fingerprint density at radius 1 is 1.42 bits per heavy atom. The van der Waals surface area contributed by atoms with Crippen molar-refractivity contribution in [3.05, 3.63) is 18.2 Å². The van der Waals surface area contributed by atoms with E-state index in [4.69, 9.17) is 4.74 Å². The molecule has 19 heavy (non-hydrogen) atoms. The minimum absolute atomic E-state index is 0.590. The van der Waals surface area contributed by atoms with Gasteiger partial charge in [-0.1, -0.05) is 24.7 Å². The standard InChI is InChI=1S/C15H20N2OS/c1-3-18-11-7-8-13-14(9-11)19-15(17-13)16-12-6-4-5-10(12)2/h7-10,12H,3-6H2,1-2H3,(H,16,17). The summed E-state index contributed by atoms with van der Waals surface area (Å²) in [4.78, 5) is 4.66. The molecule has 1 heterocycles. The summed E-state index contributed by atoms with van der Waals surface area (Å²) < 4.78 is 6.73. The van der Waals surface area contributed by atoms with Crippen LogP contribution in [0.3, 0.4) is 0 Å². The van der Waals surface area contributed by atoms with Crippen LogP contribution in [0.1, 0.15) is 33.1 Å². The van der Waals surface area contributed by atoms with E-state index >= 15 is 0 Å². The highest BCUT2D eigenvalue weighted by molar-refractivity contribution is 7.22. The normalized spacial score (nSPS) is 22.8. The lowest BCUT2D eigenvalue weighted by molar-refractivity contribution is 0.341. The van der Waals surface area contributed by atoms with Crippen molar-refractivity contribution in [1.82, 2.24) is 4.98 Å². The van der Waals surface area contributed by atoms with Crippen molar-refractivity contribution in [3.8, 4) is 5.75 Å². The molecule has 1 saturated carbocycles. The third kappa shape index (κ3) is 2.68. The van der Waals surface area contributed by atoms with Crippen LogP contribution in [0.2, 0.25) is 0 Å². The van der Waals surface area contributed by atoms with E-state index in [9.17, 15) is 0 Å². The fraction of sp³-hybridized carbons (Fsp3) is 0.533. The number of hydrogen-bond donors (Lipinski definition) is 1. The van der Waals surface area contributed by atoms with Crippen LogP contribution in [-0.2, 0) is 0 Å². The van der Waals surface area contributed by atoms with Gasteiger partial charge in [0.05, 0.1) is 16.8 Å². The number of benzene rings is 1. The van der Waals surface area contributed by atoms with E-state index in [0.29, 0.717) is 12.6 Å². The Morgan fingerprint density at radius 2 is 2.32 bits per heavy atom. The zero-order valence-corrected chi connectivity index (χ0v) is 12.3. The van der Waals surface area contributed by atoms with E-state index in [2.05, 4.69) is 23.3 Å². The molecular weight excluding hydrogens is 256 g/mol. The Hall–Kier alpha value is -1.29. The molecule has 3 nitrogen and oxygen atoms in total. The molecular formula is C15H20N2OS. The van der Waals surface area contributed by atoms with Gasteiger partial charge in [-0.3, -0.25) is 0 Å². The van der Waals surface area contributed by atoms with Crippen molar-refractivity contribution < 1.29 is 4.74 Å². The molecule has 102 valence electrons. The van der Waals surface area contributed by atoms with Gasteiger partial charge in [0, 0.05) is 6.04 Å². The average Bonchev–Trinajstić information content (AvgIpc) is 2.96. The second-order valence-electron chi connectivity index (χ2n) is 5.24. The first-order valence-corrected chi connectivity index (χ1v) is 7.88. The number of aromatic nitrogens is 1. The Kier molecular flexibility index (Phi) is 3.60. The van der Waals surface area contributed by atoms with Gasteiger partial charge in [-0.25, -0.2) is 4.98 Å². The topological polar surface area (TPSA) is 34.1 Å². The second-order valence-corrected chi connectivity index (χ2v) is 6.27. The first-order chi connectivity index (χ1) is 9.26. The van der Waals surface area contributed by atoms with Crippen molar-refractivity contribution in [1.29, 1.82) is 0 Å². The smallest absolute Gasteiger partial charge is 0.184 e. The summed E-state index contributed by atoms with van der Waals surface area (Å²) in [6.07, 6.45) is 3.93. The molecule has 1 N–H and O–H groups in total. The zero-order chi connectivity index (χ0) is 13.2. The van der Waals surface area contributed by atoms with Crippen molar-refractivity contribution in [2.45, 2.75) is 39.2 Å². The molecule has 0 spiro atoms. The first-order valence-electron chi connectivity index (χ1n) is 7.06. The lowest BCUT2D eigenvalue weighted by Gasteiger charge is -2.15. The molecule has 0 bridgehead atoms. The summed E-state index contributed by atoms with van der Waals surface area (Å²) in [6, 6.07) is 6.71. The van der Waals surface area contributed by atoms with E-state index in [1.165, 1.54) is 24.0 Å². The molecule has 2 unspecified atom stereocenters. The van der Waals surface area contributed by atoms with Crippen molar-refractivity contribution in [2.24, 2.45) is 5.92 Å². The molecule has 1 aliphatic rings. The van der Waals surface area contributed by atoms with Crippen LogP contribution in [0, 0.1) is 5.92 Å². The molecule has 0 saturated heterocycles. The average molecular weight is 276 g/mol. The third-order valence-corrected chi connectivity index (χ3v) is 4.79. The second kappa shape index (κ2) is 5.37. The molecule has 2 aromatic rings. The molecule has 1 aromatic heterocycles. The SMILES string of the molecule is CCOc1ccc2nc(NC3CCCC3C)sc2c1. The van der Waals surface area contributed by atoms with Crippen LogP contribution in [-0.4, -0.2) is 17.6 Å². The van der Waals surface area contributed by atoms with Gasteiger partial charge < -0.3 is 10.1 Å². The predicted octanol–water partition coefficient (Wildman–Crippen LogP) is 4.30. The van der Waals surface area contributed by atoms with Crippen LogP contribution in [0.5, 0.6) is 5.75 Å². The predicted molar refractivity (Wildman–Crippen MR) is 81.2 cm³/mol. The summed E-state index contributed by atoms with van der Waals surface area (Å²) in [5.41, 5.74) is 1.06. The summed E-state index contributed by atoms with van der Waals surface area (Å²) >= 11 is 1.72. The Bertz CT molecular complexity index is 566. The monoisotopic (exact) mass is 276 g/mol. The largest absolute Gasteiger partial charge is 0.494 e. The van der Waals surface area contributed by atoms with Gasteiger partial charge in [0.1, 0.15) is 5.75 Å². The van der Waals surface area contributed by atoms with E-state index in [1.54, 1.807) is 11.3 Å². The number of fused-ring (bicyclic) bond motifs is 1. The molecule has 4 heteroatoms. The molecule has 3 rings (SSSR count). The highest BCUT2D eigenvalue weighted by Crippen LogP contribution is 2.33. The molecule has 1 aromatic carbocycles. The fourth-order valence-electron chi connectivity index (χ4n) is 2.74. The first kappa shape index (κ1) is 12.7. The Labute approximate surface area is 118 Å². The number of nitrogens with zero attached hydrogens (tertiary/aromatic N) is 1. The third-order valence-electron chi connectivity index (χ3n) is 3.84. The van der Waals surface area contributed by atoms with Crippen molar-refractivity contribution >= 4 is 26.7 Å². The van der Waals surface area contributed by atoms with Crippen LogP contribution >= 0.6 is 11.3 Å². The highest BCUT2D eigenvalue weighted by atomic mass is 32.1. The quantitative estimate of drug-likeness (QED) is 0.904. The van der Waals surface area contributed by atoms with Crippen LogP contribution in [0.4, 0.5) is 5.13 Å². The summed E-state index contributed by atoms with van der Waals surface area (Å²) in [6.45, 7) is 5.03. The van der Waals surface area contributed by atoms with E-state index < -0.39 is 0 Å².